The number of hydrogen-bond acceptors (Lipinski definition) is 10. The van der Waals surface area contributed by atoms with E-state index in [2.05, 4.69) is 20.3 Å². The van der Waals surface area contributed by atoms with Crippen LogP contribution in [-0.4, -0.2) is 69.3 Å². The summed E-state index contributed by atoms with van der Waals surface area (Å²) in [4.78, 5) is 58.5. The number of aliphatic carboxylic acids is 1. The van der Waals surface area contributed by atoms with Crippen molar-refractivity contribution in [3.05, 3.63) is 48.4 Å². The third-order valence-electron chi connectivity index (χ3n) is 5.29. The van der Waals surface area contributed by atoms with E-state index in [0.717, 1.165) is 17.6 Å². The van der Waals surface area contributed by atoms with Crippen LogP contribution in [0.25, 0.3) is 11.3 Å². The van der Waals surface area contributed by atoms with Crippen molar-refractivity contribution in [3.63, 3.8) is 0 Å². The molecule has 2 aromatic heterocycles. The van der Waals surface area contributed by atoms with Crippen LogP contribution < -0.4 is 15.0 Å². The molecular formula is C21H19Cl2N5O7S. The Balaban J connectivity index is 0.00000361. The maximum atomic E-state index is 12.8. The average Bonchev–Trinajstić information content (AvgIpc) is 3.40. The molecule has 1 fully saturated rings. The first-order valence-electron chi connectivity index (χ1n) is 10.1. The molecule has 2 aliphatic rings. The summed E-state index contributed by atoms with van der Waals surface area (Å²) >= 11 is 6.77. The summed E-state index contributed by atoms with van der Waals surface area (Å²) in [6.07, 6.45) is 6.40. The lowest BCUT2D eigenvalue weighted by atomic mass is 10.0. The number of alkyl halides is 1. The number of β-lactam (4-membered cyclic amide) rings is 1. The number of oxazole rings is 1. The molecule has 0 spiro atoms. The molecule has 190 valence electrons. The first-order chi connectivity index (χ1) is 16.8. The Kier molecular flexibility index (Phi) is 8.71. The molecule has 2 aliphatic heterocycles. The summed E-state index contributed by atoms with van der Waals surface area (Å²) in [5.74, 6) is -3.50. The summed E-state index contributed by atoms with van der Waals surface area (Å²) in [7, 11) is 1.15. The van der Waals surface area contributed by atoms with Crippen LogP contribution in [0.3, 0.4) is 0 Å². The Hall–Kier alpha value is -3.42. The van der Waals surface area contributed by atoms with Gasteiger partial charge in [0.05, 0.1) is 23.7 Å². The topological polar surface area (TPSA) is 158 Å². The standard InChI is InChI=1S/C21H18ClN5O7S.ClH/c1-33-25-15(13(28)6-22)18(29)24-16-19(30)27-17(21(31)32)12(9-35-20(16)27)8-26-4-2-11(3-5-26)14-7-23-10-34-14;/h2-5,7,10,16,20H,6,8-9H2,1H3,(H-,24,29,31,32);1H/t16-,20+;/m1./s1. The highest BCUT2D eigenvalue weighted by Gasteiger charge is 2.53. The van der Waals surface area contributed by atoms with Gasteiger partial charge in [-0.25, -0.2) is 9.55 Å². The number of fused-ring (bicyclic) bond motifs is 1. The number of nitrogens with one attached hydrogen (secondary N) is 1. The monoisotopic (exact) mass is 555 g/mol. The lowest BCUT2D eigenvalue weighted by molar-refractivity contribution is -0.689. The number of rotatable bonds is 9. The van der Waals surface area contributed by atoms with Gasteiger partial charge in [-0.2, -0.15) is 0 Å². The number of carbonyl (C=O) groups excluding carboxylic acids is 4. The molecule has 2 atom stereocenters. The lowest BCUT2D eigenvalue weighted by Gasteiger charge is -2.50. The number of carboxylic acid groups (broad SMARTS) is 1. The highest BCUT2D eigenvalue weighted by Crippen LogP contribution is 2.40. The fraction of sp³-hybridized carbons (Fsp3) is 0.286. The summed E-state index contributed by atoms with van der Waals surface area (Å²) in [5.41, 5.74) is 0.446. The average molecular weight is 556 g/mol. The van der Waals surface area contributed by atoms with Gasteiger partial charge in [0, 0.05) is 29.0 Å². The molecule has 0 aromatic carbocycles. The number of amides is 2. The second kappa shape index (κ2) is 11.5. The van der Waals surface area contributed by atoms with Crippen molar-refractivity contribution in [2.45, 2.75) is 18.0 Å². The van der Waals surface area contributed by atoms with Crippen LogP contribution in [0.2, 0.25) is 0 Å². The number of carbonyl (C=O) groups is 4. The van der Waals surface area contributed by atoms with Gasteiger partial charge in [-0.05, 0) is 0 Å². The second-order valence-corrected chi connectivity index (χ2v) is 8.78. The van der Waals surface area contributed by atoms with Crippen LogP contribution in [-0.2, 0) is 30.6 Å². The van der Waals surface area contributed by atoms with Gasteiger partial charge in [0.15, 0.2) is 31.1 Å². The number of halogens is 2. The fourth-order valence-corrected chi connectivity index (χ4v) is 5.14. The van der Waals surface area contributed by atoms with E-state index in [1.54, 1.807) is 35.3 Å². The molecule has 12 nitrogen and oxygen atoms in total. The number of oxime groups is 1. The molecule has 36 heavy (non-hydrogen) atoms. The molecule has 0 aliphatic carbocycles. The van der Waals surface area contributed by atoms with Gasteiger partial charge in [0.2, 0.25) is 11.5 Å². The Labute approximate surface area is 219 Å². The molecule has 1 N–H and O–H groups in total. The smallest absolute Gasteiger partial charge is 0.277 e. The van der Waals surface area contributed by atoms with Crippen molar-refractivity contribution in [2.24, 2.45) is 5.16 Å². The summed E-state index contributed by atoms with van der Waals surface area (Å²) in [5, 5.41) is 17.1. The molecule has 15 heteroatoms. The van der Waals surface area contributed by atoms with Gasteiger partial charge in [0.25, 0.3) is 11.8 Å². The van der Waals surface area contributed by atoms with Crippen LogP contribution in [0.15, 0.2) is 58.0 Å². The molecule has 2 amide bonds. The molecule has 0 bridgehead atoms. The number of nitrogens with zero attached hydrogens (tertiary/aromatic N) is 4. The predicted octanol–water partition coefficient (Wildman–Crippen LogP) is -0.735. The van der Waals surface area contributed by atoms with Crippen LogP contribution >= 0.6 is 35.8 Å². The number of ketones is 1. The molecule has 4 heterocycles. The number of thioether (sulfide) groups is 1. The summed E-state index contributed by atoms with van der Waals surface area (Å²) in [6, 6.07) is 2.53. The highest BCUT2D eigenvalue weighted by atomic mass is 35.5. The maximum absolute atomic E-state index is 12.8. The van der Waals surface area contributed by atoms with Crippen molar-refractivity contribution in [3.8, 4) is 11.3 Å². The zero-order valence-corrected chi connectivity index (χ0v) is 21.0. The first kappa shape index (κ1) is 27.2. The minimum absolute atomic E-state index is 0. The van der Waals surface area contributed by atoms with Crippen LogP contribution in [0.4, 0.5) is 0 Å². The van der Waals surface area contributed by atoms with Crippen molar-refractivity contribution in [1.82, 2.24) is 15.2 Å². The van der Waals surface area contributed by atoms with E-state index in [-0.39, 0.29) is 30.4 Å². The summed E-state index contributed by atoms with van der Waals surface area (Å²) in [6.45, 7) is 0.204. The number of Topliss-reactive ketones (excluding diaryl/α,β-unsaturated/α-hetero) is 1. The molecule has 0 unspecified atom stereocenters. The minimum Gasteiger partial charge on any atom is -0.543 e. The zero-order valence-electron chi connectivity index (χ0n) is 18.6. The Morgan fingerprint density at radius 2 is 2.11 bits per heavy atom. The fourth-order valence-electron chi connectivity index (χ4n) is 3.68. The third kappa shape index (κ3) is 5.22. The van der Waals surface area contributed by atoms with Crippen molar-refractivity contribution in [2.75, 3.05) is 18.7 Å². The molecule has 1 saturated heterocycles. The molecule has 2 aromatic rings. The third-order valence-corrected chi connectivity index (χ3v) is 6.87. The highest BCUT2D eigenvalue weighted by molar-refractivity contribution is 8.00. The van der Waals surface area contributed by atoms with E-state index < -0.39 is 46.6 Å². The van der Waals surface area contributed by atoms with E-state index >= 15 is 0 Å². The number of aromatic nitrogens is 2. The Bertz CT molecular complexity index is 1230. The van der Waals surface area contributed by atoms with E-state index in [0.29, 0.717) is 11.3 Å². The normalized spacial score (nSPS) is 19.1. The van der Waals surface area contributed by atoms with Crippen molar-refractivity contribution < 1.29 is 38.1 Å². The maximum Gasteiger partial charge on any atom is 0.277 e. The molecular weight excluding hydrogens is 537 g/mol. The van der Waals surface area contributed by atoms with Crippen LogP contribution in [0, 0.1) is 0 Å². The number of hydrogen-bond donors (Lipinski definition) is 1. The second-order valence-electron chi connectivity index (χ2n) is 7.40. The zero-order chi connectivity index (χ0) is 25.1. The van der Waals surface area contributed by atoms with Gasteiger partial charge < -0.3 is 24.5 Å². The van der Waals surface area contributed by atoms with Gasteiger partial charge in [-0.1, -0.05) is 5.16 Å². The van der Waals surface area contributed by atoms with Crippen molar-refractivity contribution in [1.29, 1.82) is 0 Å². The molecule has 0 saturated carbocycles. The van der Waals surface area contributed by atoms with E-state index in [4.69, 9.17) is 16.0 Å². The van der Waals surface area contributed by atoms with Crippen LogP contribution in [0.1, 0.15) is 0 Å². The van der Waals surface area contributed by atoms with Gasteiger partial charge in [-0.15, -0.1) is 35.8 Å². The molecule has 0 radical (unpaired) electrons. The van der Waals surface area contributed by atoms with Crippen LogP contribution in [0.5, 0.6) is 0 Å². The molecule has 4 rings (SSSR count). The number of pyridine rings is 1. The first-order valence-corrected chi connectivity index (χ1v) is 11.7. The predicted molar refractivity (Wildman–Crippen MR) is 127 cm³/mol. The SMILES string of the molecule is CON=C(C(=O)CCl)C(=O)N[C@@H]1C(=O)N2C(C(=O)[O-])=C(C[n+]3ccc(-c4cnco4)cc3)CS[C@@H]12.Cl. The van der Waals surface area contributed by atoms with Gasteiger partial charge >= 0.3 is 0 Å². The number of carboxylic acids is 1. The van der Waals surface area contributed by atoms with Gasteiger partial charge in [-0.3, -0.25) is 19.3 Å². The van der Waals surface area contributed by atoms with Gasteiger partial charge in [0.1, 0.15) is 18.5 Å². The van der Waals surface area contributed by atoms with E-state index in [9.17, 15) is 24.3 Å². The quantitative estimate of drug-likeness (QED) is 0.105. The Morgan fingerprint density at radius 1 is 1.39 bits per heavy atom. The summed E-state index contributed by atoms with van der Waals surface area (Å²) < 4.78 is 7.01. The van der Waals surface area contributed by atoms with Crippen molar-refractivity contribution >= 4 is 65.0 Å². The largest absolute Gasteiger partial charge is 0.543 e. The minimum atomic E-state index is -1.50. The Morgan fingerprint density at radius 3 is 2.69 bits per heavy atom. The van der Waals surface area contributed by atoms with E-state index in [1.165, 1.54) is 18.2 Å². The van der Waals surface area contributed by atoms with E-state index in [1.807, 2.05) is 0 Å². The lowest BCUT2D eigenvalue weighted by Crippen LogP contribution is -2.72.